The van der Waals surface area contributed by atoms with Crippen LogP contribution in [-0.2, 0) is 6.54 Å². The highest BCUT2D eigenvalue weighted by Gasteiger charge is 2.11. The number of aromatic amines is 1. The molecule has 0 aliphatic carbocycles. The van der Waals surface area contributed by atoms with E-state index in [9.17, 15) is 0 Å². The molecule has 1 N–H and O–H groups in total. The summed E-state index contributed by atoms with van der Waals surface area (Å²) in [6.45, 7) is 4.32. The van der Waals surface area contributed by atoms with Crippen LogP contribution in [0.25, 0.3) is 11.0 Å². The summed E-state index contributed by atoms with van der Waals surface area (Å²) in [4.78, 5) is 7.49. The molecule has 98 valence electrons. The van der Waals surface area contributed by atoms with Crippen LogP contribution in [0, 0.1) is 18.6 Å². The van der Waals surface area contributed by atoms with Gasteiger partial charge < -0.3 is 14.0 Å². The molecule has 0 saturated carbocycles. The fraction of sp³-hybridized carbons (Fsp3) is 0.231. The third kappa shape index (κ3) is 2.09. The van der Waals surface area contributed by atoms with Gasteiger partial charge in [-0.2, -0.15) is 0 Å². The van der Waals surface area contributed by atoms with Crippen LogP contribution >= 0.6 is 23.8 Å². The van der Waals surface area contributed by atoms with Crippen LogP contribution in [-0.4, -0.2) is 14.5 Å². The van der Waals surface area contributed by atoms with E-state index in [4.69, 9.17) is 28.2 Å². The molecule has 0 fully saturated rings. The molecule has 6 heteroatoms. The summed E-state index contributed by atoms with van der Waals surface area (Å²) in [6.07, 6.45) is 0. The Labute approximate surface area is 120 Å². The second-order valence-electron chi connectivity index (χ2n) is 4.40. The van der Waals surface area contributed by atoms with E-state index in [1.807, 2.05) is 36.6 Å². The van der Waals surface area contributed by atoms with E-state index in [-0.39, 0.29) is 0 Å². The number of benzene rings is 1. The molecule has 0 aliphatic heterocycles. The van der Waals surface area contributed by atoms with Crippen molar-refractivity contribution in [3.8, 4) is 0 Å². The maximum atomic E-state index is 6.14. The maximum Gasteiger partial charge on any atom is 0.214 e. The predicted octanol–water partition coefficient (Wildman–Crippen LogP) is 4.01. The minimum atomic E-state index is 0.494. The summed E-state index contributed by atoms with van der Waals surface area (Å²) in [6, 6.07) is 5.70. The largest absolute Gasteiger partial charge is 0.444 e. The number of oxazole rings is 1. The zero-order valence-corrected chi connectivity index (χ0v) is 12.1. The lowest BCUT2D eigenvalue weighted by Crippen LogP contribution is -1.99. The van der Waals surface area contributed by atoms with Gasteiger partial charge >= 0.3 is 0 Å². The predicted molar refractivity (Wildman–Crippen MR) is 77.2 cm³/mol. The number of fused-ring (bicyclic) bond motifs is 1. The Morgan fingerprint density at radius 1 is 1.42 bits per heavy atom. The molecule has 0 aliphatic rings. The second kappa shape index (κ2) is 4.51. The van der Waals surface area contributed by atoms with Crippen molar-refractivity contribution in [3.05, 3.63) is 45.3 Å². The van der Waals surface area contributed by atoms with Crippen molar-refractivity contribution in [2.24, 2.45) is 0 Å². The van der Waals surface area contributed by atoms with Gasteiger partial charge in [-0.25, -0.2) is 4.98 Å². The summed E-state index contributed by atoms with van der Waals surface area (Å²) >= 11 is 11.5. The summed E-state index contributed by atoms with van der Waals surface area (Å²) in [5.41, 5.74) is 2.69. The van der Waals surface area contributed by atoms with Crippen LogP contribution in [0.4, 0.5) is 0 Å². The van der Waals surface area contributed by atoms with Gasteiger partial charge in [-0.1, -0.05) is 17.7 Å². The number of hydrogen-bond donors (Lipinski definition) is 1. The first-order chi connectivity index (χ1) is 9.06. The number of H-pyrrole nitrogens is 1. The van der Waals surface area contributed by atoms with E-state index in [0.717, 1.165) is 22.5 Å². The van der Waals surface area contributed by atoms with E-state index in [0.29, 0.717) is 22.2 Å². The van der Waals surface area contributed by atoms with Gasteiger partial charge in [-0.05, 0) is 38.2 Å². The lowest BCUT2D eigenvalue weighted by Gasteiger charge is -2.01. The molecule has 0 atom stereocenters. The van der Waals surface area contributed by atoms with Crippen molar-refractivity contribution < 1.29 is 4.42 Å². The zero-order valence-electron chi connectivity index (χ0n) is 10.5. The van der Waals surface area contributed by atoms with Gasteiger partial charge in [0.1, 0.15) is 12.3 Å². The van der Waals surface area contributed by atoms with Crippen molar-refractivity contribution in [1.82, 2.24) is 14.5 Å². The maximum absolute atomic E-state index is 6.14. The fourth-order valence-electron chi connectivity index (χ4n) is 2.04. The van der Waals surface area contributed by atoms with Crippen LogP contribution in [0.15, 0.2) is 22.6 Å². The van der Waals surface area contributed by atoms with Gasteiger partial charge in [0.05, 0.1) is 21.7 Å². The third-order valence-electron chi connectivity index (χ3n) is 3.13. The van der Waals surface area contributed by atoms with E-state index < -0.39 is 0 Å². The normalized spacial score (nSPS) is 11.3. The number of para-hydroxylation sites is 1. The molecule has 0 amide bonds. The lowest BCUT2D eigenvalue weighted by molar-refractivity contribution is 0.458. The number of imidazole rings is 1. The highest BCUT2D eigenvalue weighted by molar-refractivity contribution is 7.71. The number of aromatic nitrogens is 3. The van der Waals surface area contributed by atoms with Crippen LogP contribution in [0.1, 0.15) is 17.3 Å². The fourth-order valence-corrected chi connectivity index (χ4v) is 2.53. The molecule has 3 rings (SSSR count). The van der Waals surface area contributed by atoms with Crippen molar-refractivity contribution in [2.45, 2.75) is 20.4 Å². The summed E-state index contributed by atoms with van der Waals surface area (Å²) in [5, 5.41) is 0.655. The van der Waals surface area contributed by atoms with Crippen LogP contribution in [0.3, 0.4) is 0 Å². The SMILES string of the molecule is Cc1nc(Cn2c(=S)[nH]c3c(Cl)cccc32)oc1C. The van der Waals surface area contributed by atoms with Gasteiger partial charge in [-0.3, -0.25) is 0 Å². The quantitative estimate of drug-likeness (QED) is 0.726. The second-order valence-corrected chi connectivity index (χ2v) is 5.19. The van der Waals surface area contributed by atoms with Crippen LogP contribution in [0.2, 0.25) is 5.02 Å². The number of aryl methyl sites for hydroxylation is 2. The number of halogens is 1. The Balaban J connectivity index is 2.13. The number of nitrogens with one attached hydrogen (secondary N) is 1. The first kappa shape index (κ1) is 12.4. The molecule has 3 aromatic rings. The summed E-state index contributed by atoms with van der Waals surface area (Å²) in [7, 11) is 0. The molecule has 2 aromatic heterocycles. The Hall–Kier alpha value is -1.59. The van der Waals surface area contributed by atoms with Crippen molar-refractivity contribution in [1.29, 1.82) is 0 Å². The summed E-state index contributed by atoms with van der Waals surface area (Å²) in [5.74, 6) is 1.48. The van der Waals surface area contributed by atoms with Crippen LogP contribution in [0.5, 0.6) is 0 Å². The highest BCUT2D eigenvalue weighted by atomic mass is 35.5. The van der Waals surface area contributed by atoms with Crippen molar-refractivity contribution >= 4 is 34.9 Å². The molecule has 0 radical (unpaired) electrons. The average molecular weight is 294 g/mol. The minimum Gasteiger partial charge on any atom is -0.444 e. The molecular formula is C13H12ClN3OS. The standard InChI is InChI=1S/C13H12ClN3OS/c1-7-8(2)18-11(15-7)6-17-10-5-3-4-9(14)12(10)16-13(17)19/h3-5H,6H2,1-2H3,(H,16,19). The third-order valence-corrected chi connectivity index (χ3v) is 3.76. The molecule has 1 aromatic carbocycles. The number of rotatable bonds is 2. The molecule has 19 heavy (non-hydrogen) atoms. The van der Waals surface area contributed by atoms with Crippen molar-refractivity contribution in [3.63, 3.8) is 0 Å². The summed E-state index contributed by atoms with van der Waals surface area (Å²) < 4.78 is 8.14. The van der Waals surface area contributed by atoms with E-state index >= 15 is 0 Å². The van der Waals surface area contributed by atoms with Crippen LogP contribution < -0.4 is 0 Å². The molecule has 0 saturated heterocycles. The topological polar surface area (TPSA) is 46.8 Å². The Morgan fingerprint density at radius 3 is 2.89 bits per heavy atom. The molecular weight excluding hydrogens is 282 g/mol. The number of hydrogen-bond acceptors (Lipinski definition) is 3. The number of nitrogens with zero attached hydrogens (tertiary/aromatic N) is 2. The monoisotopic (exact) mass is 293 g/mol. The van der Waals surface area contributed by atoms with E-state index in [1.54, 1.807) is 0 Å². The molecule has 2 heterocycles. The van der Waals surface area contributed by atoms with Gasteiger partial charge in [0.2, 0.25) is 5.89 Å². The Bertz CT molecular complexity index is 796. The molecule has 0 bridgehead atoms. The minimum absolute atomic E-state index is 0.494. The van der Waals surface area contributed by atoms with Crippen molar-refractivity contribution in [2.75, 3.05) is 0 Å². The molecule has 0 unspecified atom stereocenters. The van der Waals surface area contributed by atoms with E-state index in [2.05, 4.69) is 9.97 Å². The van der Waals surface area contributed by atoms with Gasteiger partial charge in [0.25, 0.3) is 0 Å². The van der Waals surface area contributed by atoms with Gasteiger partial charge in [0.15, 0.2) is 4.77 Å². The molecule has 4 nitrogen and oxygen atoms in total. The Morgan fingerprint density at radius 2 is 2.21 bits per heavy atom. The Kier molecular flexibility index (Phi) is 2.95. The van der Waals surface area contributed by atoms with Gasteiger partial charge in [-0.15, -0.1) is 0 Å². The van der Waals surface area contributed by atoms with Gasteiger partial charge in [0, 0.05) is 0 Å². The van der Waals surface area contributed by atoms with E-state index in [1.165, 1.54) is 0 Å². The first-order valence-corrected chi connectivity index (χ1v) is 6.65. The average Bonchev–Trinajstić information content (AvgIpc) is 2.84. The molecule has 0 spiro atoms. The highest BCUT2D eigenvalue weighted by Crippen LogP contribution is 2.23. The zero-order chi connectivity index (χ0) is 13.6. The first-order valence-electron chi connectivity index (χ1n) is 5.86. The lowest BCUT2D eigenvalue weighted by atomic mass is 10.3. The smallest absolute Gasteiger partial charge is 0.214 e.